The third-order valence-corrected chi connectivity index (χ3v) is 5.07. The number of carbonyl (C=O) groups is 3. The second-order valence-electron chi connectivity index (χ2n) is 7.17. The maximum absolute atomic E-state index is 12.9. The highest BCUT2D eigenvalue weighted by Gasteiger charge is 2.37. The zero-order valence-corrected chi connectivity index (χ0v) is 16.6. The lowest BCUT2D eigenvalue weighted by molar-refractivity contribution is -0.144. The molecule has 158 valence electrons. The van der Waals surface area contributed by atoms with Crippen LogP contribution in [0.1, 0.15) is 44.1 Å². The average molecular weight is 403 g/mol. The predicted molar refractivity (Wildman–Crippen MR) is 109 cm³/mol. The standard InChI is InChI=1S/C20H29N5O4/c1-13(14-7-3-2-4-8-14)18(27)25-12-6-10-16(25)17(26)24-15(19(28)29)9-5-11-23-20(21)22/h2-4,7-8,13,15-16H,5-6,9-12H2,1H3,(H,24,26)(H,28,29)(H4,21,22,23)/t13-,15+,16+/m1/s1. The lowest BCUT2D eigenvalue weighted by atomic mass is 9.99. The molecule has 1 heterocycles. The molecule has 2 rings (SSSR count). The topological polar surface area (TPSA) is 151 Å². The molecule has 1 aromatic carbocycles. The first kappa shape index (κ1) is 22.2. The van der Waals surface area contributed by atoms with Gasteiger partial charge in [0.25, 0.3) is 0 Å². The first-order chi connectivity index (χ1) is 13.8. The summed E-state index contributed by atoms with van der Waals surface area (Å²) in [5.41, 5.74) is 11.4. The molecule has 0 aromatic heterocycles. The molecule has 0 unspecified atom stereocenters. The lowest BCUT2D eigenvalue weighted by Gasteiger charge is -2.28. The maximum atomic E-state index is 12.9. The molecule has 0 aliphatic carbocycles. The minimum atomic E-state index is -1.13. The smallest absolute Gasteiger partial charge is 0.326 e. The highest BCUT2D eigenvalue weighted by molar-refractivity contribution is 5.92. The van der Waals surface area contributed by atoms with Crippen molar-refractivity contribution in [2.45, 2.75) is 50.6 Å². The molecule has 1 aromatic rings. The molecule has 2 amide bonds. The number of rotatable bonds is 9. The molecular formula is C20H29N5O4. The van der Waals surface area contributed by atoms with Gasteiger partial charge in [-0.1, -0.05) is 30.3 Å². The van der Waals surface area contributed by atoms with Gasteiger partial charge >= 0.3 is 5.97 Å². The van der Waals surface area contributed by atoms with Crippen LogP contribution in [0.15, 0.2) is 35.3 Å². The van der Waals surface area contributed by atoms with E-state index in [4.69, 9.17) is 11.5 Å². The number of aliphatic carboxylic acids is 1. The Morgan fingerprint density at radius 1 is 1.28 bits per heavy atom. The summed E-state index contributed by atoms with van der Waals surface area (Å²) < 4.78 is 0. The van der Waals surface area contributed by atoms with E-state index < -0.39 is 24.0 Å². The van der Waals surface area contributed by atoms with Crippen molar-refractivity contribution in [2.75, 3.05) is 13.1 Å². The van der Waals surface area contributed by atoms with Crippen molar-refractivity contribution in [3.8, 4) is 0 Å². The summed E-state index contributed by atoms with van der Waals surface area (Å²) >= 11 is 0. The maximum Gasteiger partial charge on any atom is 0.326 e. The largest absolute Gasteiger partial charge is 0.480 e. The summed E-state index contributed by atoms with van der Waals surface area (Å²) in [5.74, 6) is -2.14. The van der Waals surface area contributed by atoms with E-state index in [0.29, 0.717) is 25.8 Å². The van der Waals surface area contributed by atoms with Crippen molar-refractivity contribution in [2.24, 2.45) is 16.5 Å². The van der Waals surface area contributed by atoms with E-state index in [2.05, 4.69) is 10.3 Å². The number of carbonyl (C=O) groups excluding carboxylic acids is 2. The van der Waals surface area contributed by atoms with Crippen LogP contribution in [0.4, 0.5) is 0 Å². The first-order valence-corrected chi connectivity index (χ1v) is 9.75. The van der Waals surface area contributed by atoms with Gasteiger partial charge in [-0.2, -0.15) is 0 Å². The first-order valence-electron chi connectivity index (χ1n) is 9.75. The second kappa shape index (κ2) is 10.4. The normalized spacial score (nSPS) is 18.0. The Morgan fingerprint density at radius 2 is 1.97 bits per heavy atom. The van der Waals surface area contributed by atoms with Crippen LogP contribution in [0.5, 0.6) is 0 Å². The van der Waals surface area contributed by atoms with E-state index in [0.717, 1.165) is 5.56 Å². The molecule has 0 spiro atoms. The van der Waals surface area contributed by atoms with Crippen LogP contribution >= 0.6 is 0 Å². The summed E-state index contributed by atoms with van der Waals surface area (Å²) in [6, 6.07) is 7.66. The van der Waals surface area contributed by atoms with E-state index in [-0.39, 0.29) is 30.8 Å². The van der Waals surface area contributed by atoms with E-state index in [9.17, 15) is 19.5 Å². The molecule has 0 radical (unpaired) electrons. The summed E-state index contributed by atoms with van der Waals surface area (Å²) in [7, 11) is 0. The molecule has 3 atom stereocenters. The van der Waals surface area contributed by atoms with Crippen LogP contribution < -0.4 is 16.8 Å². The third kappa shape index (κ3) is 6.20. The van der Waals surface area contributed by atoms with Crippen molar-refractivity contribution < 1.29 is 19.5 Å². The Balaban J connectivity index is 1.99. The van der Waals surface area contributed by atoms with Crippen LogP contribution in [0.3, 0.4) is 0 Å². The molecular weight excluding hydrogens is 374 g/mol. The molecule has 9 nitrogen and oxygen atoms in total. The van der Waals surface area contributed by atoms with Crippen molar-refractivity contribution in [1.82, 2.24) is 10.2 Å². The van der Waals surface area contributed by atoms with Gasteiger partial charge in [-0.3, -0.25) is 14.6 Å². The quantitative estimate of drug-likeness (QED) is 0.266. The molecule has 9 heteroatoms. The predicted octanol–water partition coefficient (Wildman–Crippen LogP) is 0.404. The third-order valence-electron chi connectivity index (χ3n) is 5.07. The highest BCUT2D eigenvalue weighted by atomic mass is 16.4. The van der Waals surface area contributed by atoms with Crippen LogP contribution in [0.2, 0.25) is 0 Å². The van der Waals surface area contributed by atoms with Crippen LogP contribution in [0, 0.1) is 0 Å². The Morgan fingerprint density at radius 3 is 2.59 bits per heavy atom. The van der Waals surface area contributed by atoms with Gasteiger partial charge in [-0.05, 0) is 38.2 Å². The van der Waals surface area contributed by atoms with Gasteiger partial charge in [0.2, 0.25) is 11.8 Å². The minimum absolute atomic E-state index is 0.0615. The van der Waals surface area contributed by atoms with Gasteiger partial charge in [0.1, 0.15) is 12.1 Å². The van der Waals surface area contributed by atoms with Gasteiger partial charge in [0.05, 0.1) is 5.92 Å². The number of guanidine groups is 1. The fourth-order valence-electron chi connectivity index (χ4n) is 3.46. The summed E-state index contributed by atoms with van der Waals surface area (Å²) in [6.45, 7) is 2.58. The highest BCUT2D eigenvalue weighted by Crippen LogP contribution is 2.25. The van der Waals surface area contributed by atoms with E-state index in [1.165, 1.54) is 0 Å². The summed E-state index contributed by atoms with van der Waals surface area (Å²) in [6.07, 6.45) is 1.82. The molecule has 0 saturated carbocycles. The number of likely N-dealkylation sites (tertiary alicyclic amines) is 1. The monoisotopic (exact) mass is 403 g/mol. The van der Waals surface area contributed by atoms with Gasteiger partial charge < -0.3 is 26.8 Å². The molecule has 29 heavy (non-hydrogen) atoms. The van der Waals surface area contributed by atoms with E-state index in [1.807, 2.05) is 37.3 Å². The van der Waals surface area contributed by atoms with Crippen LogP contribution in [-0.4, -0.2) is 58.9 Å². The van der Waals surface area contributed by atoms with Gasteiger partial charge in [-0.15, -0.1) is 0 Å². The molecule has 1 fully saturated rings. The Hall–Kier alpha value is -3.10. The van der Waals surface area contributed by atoms with Crippen LogP contribution in [-0.2, 0) is 14.4 Å². The van der Waals surface area contributed by atoms with Crippen LogP contribution in [0.25, 0.3) is 0 Å². The van der Waals surface area contributed by atoms with Crippen molar-refractivity contribution >= 4 is 23.7 Å². The minimum Gasteiger partial charge on any atom is -0.480 e. The Bertz CT molecular complexity index is 748. The number of carboxylic acid groups (broad SMARTS) is 1. The Labute approximate surface area is 170 Å². The molecule has 1 saturated heterocycles. The second-order valence-corrected chi connectivity index (χ2v) is 7.17. The van der Waals surface area contributed by atoms with Crippen molar-refractivity contribution in [3.63, 3.8) is 0 Å². The lowest BCUT2D eigenvalue weighted by Crippen LogP contribution is -2.51. The molecule has 6 N–H and O–H groups in total. The molecule has 1 aliphatic rings. The zero-order chi connectivity index (χ0) is 21.4. The number of nitrogens with two attached hydrogens (primary N) is 2. The van der Waals surface area contributed by atoms with E-state index >= 15 is 0 Å². The summed E-state index contributed by atoms with van der Waals surface area (Å²) in [4.78, 5) is 42.6. The van der Waals surface area contributed by atoms with Gasteiger partial charge in [0, 0.05) is 13.1 Å². The number of carboxylic acids is 1. The number of amides is 2. The number of aliphatic imine (C=N–C) groups is 1. The molecule has 1 aliphatic heterocycles. The number of hydrogen-bond donors (Lipinski definition) is 4. The van der Waals surface area contributed by atoms with Crippen molar-refractivity contribution in [3.05, 3.63) is 35.9 Å². The van der Waals surface area contributed by atoms with Gasteiger partial charge in [0.15, 0.2) is 5.96 Å². The van der Waals surface area contributed by atoms with E-state index in [1.54, 1.807) is 4.90 Å². The Kier molecular flexibility index (Phi) is 7.99. The van der Waals surface area contributed by atoms with Gasteiger partial charge in [-0.25, -0.2) is 4.79 Å². The number of benzene rings is 1. The number of nitrogens with one attached hydrogen (secondary N) is 1. The zero-order valence-electron chi connectivity index (χ0n) is 16.6. The SMILES string of the molecule is C[C@@H](C(=O)N1CCC[C@H]1C(=O)N[C@@H](CCCN=C(N)N)C(=O)O)c1ccccc1. The average Bonchev–Trinajstić information content (AvgIpc) is 3.19. The number of hydrogen-bond acceptors (Lipinski definition) is 4. The molecule has 0 bridgehead atoms. The fraction of sp³-hybridized carbons (Fsp3) is 0.500. The summed E-state index contributed by atoms with van der Waals surface area (Å²) in [5, 5.41) is 12.0. The van der Waals surface area contributed by atoms with Crippen molar-refractivity contribution in [1.29, 1.82) is 0 Å². The fourth-order valence-corrected chi connectivity index (χ4v) is 3.46. The number of nitrogens with zero attached hydrogens (tertiary/aromatic N) is 2.